The second-order valence-electron chi connectivity index (χ2n) is 29.5. The SMILES string of the molecule is COCCOCCOCCOCCOCCOCCOCCOCCOCCOCCOCCN(CCC(=O)N[C@H](C(=O)N[C@@H](C)C(=O)Nc1ccc(COCC(C)(C)C)c(CCCOCCOCCOCCOCCOCCOCCOCCOCCOCCOCOCCOCCOCCOCCOCCOCCOC)c1)C(C)C)C(=O)CN1C(=O)C=CC1=O. The summed E-state index contributed by atoms with van der Waals surface area (Å²) < 4.78 is 160. The Morgan fingerprint density at radius 3 is 0.961 bits per heavy atom. The normalized spacial score (nSPS) is 12.8. The Morgan fingerprint density at radius 2 is 0.654 bits per heavy atom. The number of anilines is 1. The first kappa shape index (κ1) is 118. The predicted molar refractivity (Wildman–Crippen MR) is 464 cm³/mol. The number of carbonyl (C=O) groups excluding carboxylic acids is 6. The number of ether oxygens (including phenoxy) is 29. The van der Waals surface area contributed by atoms with E-state index in [-0.39, 0.29) is 51.5 Å². The van der Waals surface area contributed by atoms with Crippen molar-refractivity contribution in [3.8, 4) is 0 Å². The van der Waals surface area contributed by atoms with Crippen molar-refractivity contribution in [2.24, 2.45) is 11.3 Å². The van der Waals surface area contributed by atoms with Gasteiger partial charge in [0.15, 0.2) is 0 Å². The molecule has 0 spiro atoms. The Morgan fingerprint density at radius 1 is 0.354 bits per heavy atom. The van der Waals surface area contributed by atoms with E-state index in [0.29, 0.717) is 355 Å². The van der Waals surface area contributed by atoms with Gasteiger partial charge in [0.1, 0.15) is 25.4 Å². The van der Waals surface area contributed by atoms with Crippen molar-refractivity contribution in [1.29, 1.82) is 0 Å². The van der Waals surface area contributed by atoms with E-state index in [4.69, 9.17) is 137 Å². The Kier molecular flexibility index (Phi) is 81.2. The van der Waals surface area contributed by atoms with E-state index in [1.807, 2.05) is 12.1 Å². The Bertz CT molecular complexity index is 2750. The number of hydrogen-bond donors (Lipinski definition) is 3. The molecule has 1 aromatic rings. The summed E-state index contributed by atoms with van der Waals surface area (Å²) in [5.74, 6) is -3.87. The van der Waals surface area contributed by atoms with Crippen LogP contribution < -0.4 is 16.0 Å². The second-order valence-corrected chi connectivity index (χ2v) is 29.5. The van der Waals surface area contributed by atoms with Gasteiger partial charge in [-0.25, -0.2) is 0 Å². The summed E-state index contributed by atoms with van der Waals surface area (Å²) >= 11 is 0. The van der Waals surface area contributed by atoms with Gasteiger partial charge in [-0.15, -0.1) is 0 Å². The van der Waals surface area contributed by atoms with Crippen molar-refractivity contribution >= 4 is 41.1 Å². The van der Waals surface area contributed by atoms with Gasteiger partial charge in [-0.3, -0.25) is 33.7 Å². The molecular weight excluding hydrogens is 1670 g/mol. The number of benzene rings is 1. The summed E-state index contributed by atoms with van der Waals surface area (Å²) in [7, 11) is 3.27. The minimum Gasteiger partial charge on any atom is -0.382 e. The number of hydrogen-bond acceptors (Lipinski definition) is 35. The first-order valence-corrected chi connectivity index (χ1v) is 44.5. The van der Waals surface area contributed by atoms with Gasteiger partial charge in [0.2, 0.25) is 23.6 Å². The molecule has 0 saturated heterocycles. The maximum Gasteiger partial charge on any atom is 0.254 e. The van der Waals surface area contributed by atoms with Crippen LogP contribution in [0, 0.1) is 11.3 Å². The summed E-state index contributed by atoms with van der Waals surface area (Å²) in [5, 5.41) is 8.43. The maximum atomic E-state index is 13.8. The van der Waals surface area contributed by atoms with Gasteiger partial charge in [-0.1, -0.05) is 40.7 Å². The highest BCUT2D eigenvalue weighted by Gasteiger charge is 2.30. The van der Waals surface area contributed by atoms with Crippen molar-refractivity contribution in [2.45, 2.75) is 79.5 Å². The zero-order valence-corrected chi connectivity index (χ0v) is 77.4. The van der Waals surface area contributed by atoms with Crippen LogP contribution >= 0.6 is 0 Å². The van der Waals surface area contributed by atoms with Gasteiger partial charge in [-0.05, 0) is 54.4 Å². The van der Waals surface area contributed by atoms with Gasteiger partial charge in [-0.2, -0.15) is 0 Å². The van der Waals surface area contributed by atoms with Crippen LogP contribution in [0.15, 0.2) is 30.4 Å². The average molecular weight is 1830 g/mol. The lowest BCUT2D eigenvalue weighted by atomic mass is 9.98. The topological polar surface area (TPSA) is 413 Å². The van der Waals surface area contributed by atoms with E-state index in [9.17, 15) is 28.8 Å². The summed E-state index contributed by atoms with van der Waals surface area (Å²) in [6.07, 6.45) is 3.24. The molecule has 6 amide bonds. The van der Waals surface area contributed by atoms with Gasteiger partial charge in [0.25, 0.3) is 11.8 Å². The Labute approximate surface area is 753 Å². The molecule has 0 saturated carbocycles. The van der Waals surface area contributed by atoms with Crippen molar-refractivity contribution in [2.75, 3.05) is 396 Å². The number of nitrogens with one attached hydrogen (secondary N) is 3. The lowest BCUT2D eigenvalue weighted by Crippen LogP contribution is -2.54. The highest BCUT2D eigenvalue weighted by atomic mass is 16.7. The zero-order valence-electron chi connectivity index (χ0n) is 77.4. The second kappa shape index (κ2) is 87.5. The molecule has 0 aromatic heterocycles. The fourth-order valence-corrected chi connectivity index (χ4v) is 10.5. The smallest absolute Gasteiger partial charge is 0.254 e. The highest BCUT2D eigenvalue weighted by molar-refractivity contribution is 6.14. The van der Waals surface area contributed by atoms with Crippen LogP contribution in [0.4, 0.5) is 5.69 Å². The minimum atomic E-state index is -1.05. The number of carbonyl (C=O) groups is 6. The van der Waals surface area contributed by atoms with Gasteiger partial charge >= 0.3 is 0 Å². The lowest BCUT2D eigenvalue weighted by molar-refractivity contribution is -0.145. The van der Waals surface area contributed by atoms with E-state index in [0.717, 1.165) is 28.2 Å². The van der Waals surface area contributed by atoms with Gasteiger partial charge in [0, 0.05) is 58.2 Å². The summed E-state index contributed by atoms with van der Waals surface area (Å²) in [6, 6.07) is 3.55. The molecule has 0 unspecified atom stereocenters. The molecule has 0 radical (unpaired) electrons. The molecule has 40 heteroatoms. The van der Waals surface area contributed by atoms with Crippen LogP contribution in [0.25, 0.3) is 0 Å². The molecule has 2 atom stereocenters. The number of amides is 6. The third-order valence-corrected chi connectivity index (χ3v) is 17.3. The molecule has 127 heavy (non-hydrogen) atoms. The summed E-state index contributed by atoms with van der Waals surface area (Å²) in [6.45, 7) is 34.5. The van der Waals surface area contributed by atoms with E-state index >= 15 is 0 Å². The summed E-state index contributed by atoms with van der Waals surface area (Å²) in [4.78, 5) is 81.5. The van der Waals surface area contributed by atoms with Crippen molar-refractivity contribution in [3.63, 3.8) is 0 Å². The maximum absolute atomic E-state index is 13.8. The average Bonchev–Trinajstić information content (AvgIpc) is 1.71. The molecule has 0 aliphatic carbocycles. The predicted octanol–water partition coefficient (Wildman–Crippen LogP) is 2.59. The Hall–Kier alpha value is -5.18. The molecule has 1 heterocycles. The van der Waals surface area contributed by atoms with Gasteiger partial charge < -0.3 is 158 Å². The van der Waals surface area contributed by atoms with Crippen LogP contribution in [0.5, 0.6) is 0 Å². The van der Waals surface area contributed by atoms with Crippen LogP contribution in [0.2, 0.25) is 0 Å². The molecule has 0 bridgehead atoms. The van der Waals surface area contributed by atoms with E-state index in [1.165, 1.54) is 4.90 Å². The number of aryl methyl sites for hydroxylation is 1. The molecule has 0 fully saturated rings. The third-order valence-electron chi connectivity index (χ3n) is 17.3. The van der Waals surface area contributed by atoms with Crippen molar-refractivity contribution in [1.82, 2.24) is 20.4 Å². The zero-order chi connectivity index (χ0) is 91.9. The van der Waals surface area contributed by atoms with E-state index < -0.39 is 60.0 Å². The van der Waals surface area contributed by atoms with E-state index in [1.54, 1.807) is 41.1 Å². The van der Waals surface area contributed by atoms with Gasteiger partial charge in [0.05, 0.1) is 350 Å². The van der Waals surface area contributed by atoms with Crippen LogP contribution in [0.3, 0.4) is 0 Å². The van der Waals surface area contributed by atoms with Crippen LogP contribution in [0.1, 0.15) is 65.5 Å². The molecule has 1 aliphatic rings. The standard InChI is InChI=1S/C87H157N5O35/c1-75(2)84(90-80(93)15-16-91(83(96)71-92-81(94)13-14-82(92)95)17-19-102-25-27-106-33-35-110-41-43-114-47-49-117-52-53-118-51-50-115-45-44-111-38-36-107-30-28-103-22-20-99-7)86(98)88-76(3)85(97)89-79-12-11-78(72-127-73-87(4,5)6)77(70-79)10-9-18-101-24-26-105-32-34-109-40-42-113-46-48-116-54-55-119-56-57-120-59-61-122-63-65-124-67-69-126-74-125-68-66-123-64-62-121-60-58-112-39-37-108-31-29-104-23-21-100-8/h11-14,70,75-76,84H,9-10,15-69,71-74H2,1-8H3,(H,88,98)(H,89,97)(H,90,93)/t76-,84-/m0/s1. The molecule has 1 aliphatic heterocycles. The quantitative estimate of drug-likeness (QED) is 0.0479. The minimum absolute atomic E-state index is 0.0193. The molecule has 3 N–H and O–H groups in total. The molecule has 40 nitrogen and oxygen atoms in total. The number of rotatable bonds is 98. The third kappa shape index (κ3) is 75.0. The van der Waals surface area contributed by atoms with Crippen LogP contribution in [-0.4, -0.2) is 448 Å². The fourth-order valence-electron chi connectivity index (χ4n) is 10.5. The van der Waals surface area contributed by atoms with Crippen molar-refractivity contribution < 1.29 is 166 Å². The Balaban J connectivity index is 1.52. The fraction of sp³-hybridized carbons (Fsp3) is 0.839. The number of imide groups is 1. The highest BCUT2D eigenvalue weighted by Crippen LogP contribution is 2.22. The van der Waals surface area contributed by atoms with Crippen LogP contribution in [-0.2, 0) is 179 Å². The first-order valence-electron chi connectivity index (χ1n) is 44.5. The molecule has 740 valence electrons. The number of methoxy groups -OCH3 is 2. The summed E-state index contributed by atoms with van der Waals surface area (Å²) in [5.41, 5.74) is 2.41. The largest absolute Gasteiger partial charge is 0.382 e. The molecule has 1 aromatic carbocycles. The first-order chi connectivity index (χ1) is 62.1. The monoisotopic (exact) mass is 1830 g/mol. The number of nitrogens with zero attached hydrogens (tertiary/aromatic N) is 2. The van der Waals surface area contributed by atoms with Crippen molar-refractivity contribution in [3.05, 3.63) is 41.5 Å². The molecular formula is C87H157N5O35. The van der Waals surface area contributed by atoms with E-state index in [2.05, 4.69) is 36.7 Å². The molecule has 2 rings (SSSR count). The lowest BCUT2D eigenvalue weighted by Gasteiger charge is -2.26.